The van der Waals surface area contributed by atoms with Crippen LogP contribution in [0.4, 0.5) is 0 Å². The molecular formula is C39H61N6O16S4-3. The van der Waals surface area contributed by atoms with Crippen LogP contribution < -0.4 is 47.2 Å². The van der Waals surface area contributed by atoms with Crippen LogP contribution >= 0.6 is 43.2 Å². The van der Waals surface area contributed by atoms with E-state index in [0.717, 1.165) is 61.4 Å². The Morgan fingerprint density at radius 3 is 1.37 bits per heavy atom. The van der Waals surface area contributed by atoms with Gasteiger partial charge in [-0.05, 0) is 43.9 Å². The zero-order valence-electron chi connectivity index (χ0n) is 36.7. The molecule has 0 heterocycles. The molecule has 7 atom stereocenters. The fourth-order valence-corrected chi connectivity index (χ4v) is 8.71. The molecule has 0 saturated carbocycles. The van der Waals surface area contributed by atoms with Gasteiger partial charge in [0.25, 0.3) is 6.47 Å². The van der Waals surface area contributed by atoms with Crippen LogP contribution in [0.15, 0.2) is 38.0 Å². The second-order valence-corrected chi connectivity index (χ2v) is 18.0. The SMILES string of the molecule is C=CC(=O)NC(CSSCC(NC(=O)C=C)C(=O)[O-])OC=O.C=CC(=O)NCCO.CCC(C)C(=O)NC(CSSCC(NC(=O)C(CC)CC(CC)C(=O)NCCO)C(=O)[O-])C(=O)[O-]. The molecule has 0 saturated heterocycles. The Morgan fingerprint density at radius 1 is 0.569 bits per heavy atom. The number of rotatable bonds is 34. The molecule has 0 bridgehead atoms. The number of aliphatic carboxylic acids is 3. The topological polar surface area (TPSA) is 362 Å². The second-order valence-electron chi connectivity index (χ2n) is 12.9. The summed E-state index contributed by atoms with van der Waals surface area (Å²) in [4.78, 5) is 113. The van der Waals surface area contributed by atoms with E-state index in [-0.39, 0.29) is 73.4 Å². The largest absolute Gasteiger partial charge is 0.548 e. The van der Waals surface area contributed by atoms with Crippen molar-refractivity contribution in [2.24, 2.45) is 17.8 Å². The van der Waals surface area contributed by atoms with Gasteiger partial charge in [0.15, 0.2) is 6.23 Å². The molecule has 370 valence electrons. The molecule has 7 unspecified atom stereocenters. The van der Waals surface area contributed by atoms with E-state index in [1.54, 1.807) is 27.7 Å². The first-order valence-electron chi connectivity index (χ1n) is 19.8. The third kappa shape index (κ3) is 33.4. The van der Waals surface area contributed by atoms with Crippen LogP contribution in [0.5, 0.6) is 0 Å². The van der Waals surface area contributed by atoms with Gasteiger partial charge in [0.1, 0.15) is 0 Å². The summed E-state index contributed by atoms with van der Waals surface area (Å²) in [6.45, 7) is 17.1. The highest BCUT2D eigenvalue weighted by molar-refractivity contribution is 8.77. The normalized spacial score (nSPS) is 13.4. The van der Waals surface area contributed by atoms with Crippen molar-refractivity contribution in [3.63, 3.8) is 0 Å². The first kappa shape index (κ1) is 64.5. The highest BCUT2D eigenvalue weighted by atomic mass is 33.1. The van der Waals surface area contributed by atoms with Crippen LogP contribution in [-0.4, -0.2) is 144 Å². The molecule has 0 aliphatic carbocycles. The van der Waals surface area contributed by atoms with Crippen molar-refractivity contribution in [2.45, 2.75) is 77.7 Å². The van der Waals surface area contributed by atoms with E-state index in [4.69, 9.17) is 10.2 Å². The minimum atomic E-state index is -1.49. The number of aliphatic hydroxyl groups excluding tert-OH is 2. The molecule has 0 spiro atoms. The Kier molecular flexibility index (Phi) is 40.4. The molecule has 0 aromatic heterocycles. The van der Waals surface area contributed by atoms with Crippen LogP contribution in [0.3, 0.4) is 0 Å². The molecule has 65 heavy (non-hydrogen) atoms. The van der Waals surface area contributed by atoms with Gasteiger partial charge in [-0.1, -0.05) is 90.6 Å². The lowest BCUT2D eigenvalue weighted by molar-refractivity contribution is -0.308. The summed E-state index contributed by atoms with van der Waals surface area (Å²) in [6, 6.07) is -3.75. The predicted molar refractivity (Wildman–Crippen MR) is 242 cm³/mol. The Balaban J connectivity index is -0.00000108. The van der Waals surface area contributed by atoms with E-state index in [1.165, 1.54) is 0 Å². The third-order valence-corrected chi connectivity index (χ3v) is 13.0. The van der Waals surface area contributed by atoms with E-state index >= 15 is 0 Å². The molecule has 22 nitrogen and oxygen atoms in total. The standard InChI is InChI=1S/C22H39N3O8S2.C12H16N2O6S2.C5H9NO2/c1-5-13(4)18(27)24-16(21(30)31)11-34-35-12-17(22(32)33)25-20(29)15(7-3)10-14(6-2)19(28)23-8-9-26;1-3-9(16)13-8(12(18)19)5-21-22-6-11(20-7-15)14-10(17)4-2;1-2-5(8)6-3-4-7/h13-17,26H,5-12H2,1-4H3,(H,23,28)(H,24,27)(H,25,29)(H,30,31)(H,32,33);3-4,7-8,11H,1-2,5-6H2,(H,13,16)(H,14,17)(H,18,19);2,7H,1,3-4H2,(H,6,8)/p-3. The number of hydrogen-bond donors (Lipinski definition) is 8. The van der Waals surface area contributed by atoms with Gasteiger partial charge in [-0.15, -0.1) is 0 Å². The quantitative estimate of drug-likeness (QED) is 0.0101. The van der Waals surface area contributed by atoms with E-state index in [9.17, 15) is 63.3 Å². The summed E-state index contributed by atoms with van der Waals surface area (Å²) < 4.78 is 4.64. The van der Waals surface area contributed by atoms with Crippen LogP contribution in [0, 0.1) is 17.8 Å². The first-order chi connectivity index (χ1) is 30.8. The number of nitrogens with one attached hydrogen (secondary N) is 6. The van der Waals surface area contributed by atoms with Gasteiger partial charge < -0.3 is 76.6 Å². The predicted octanol–water partition coefficient (Wildman–Crippen LogP) is -3.70. The fraction of sp³-hybridized carbons (Fsp3) is 0.590. The Labute approximate surface area is 394 Å². The number of ether oxygens (including phenoxy) is 1. The van der Waals surface area contributed by atoms with Gasteiger partial charge in [-0.25, -0.2) is 0 Å². The maximum Gasteiger partial charge on any atom is 0.295 e. The van der Waals surface area contributed by atoms with Gasteiger partial charge in [-0.3, -0.25) is 33.6 Å². The molecule has 26 heteroatoms. The summed E-state index contributed by atoms with van der Waals surface area (Å²) in [5, 5.41) is 65.1. The van der Waals surface area contributed by atoms with Crippen LogP contribution in [0.2, 0.25) is 0 Å². The fourth-order valence-electron chi connectivity index (χ4n) is 4.22. The van der Waals surface area contributed by atoms with E-state index < -0.39 is 77.7 Å². The second kappa shape index (κ2) is 40.7. The van der Waals surface area contributed by atoms with Gasteiger partial charge in [0.05, 0.1) is 55.0 Å². The van der Waals surface area contributed by atoms with Crippen LogP contribution in [-0.2, 0) is 52.7 Å². The van der Waals surface area contributed by atoms with Crippen molar-refractivity contribution in [2.75, 3.05) is 49.3 Å². The molecule has 6 amide bonds. The van der Waals surface area contributed by atoms with Crippen LogP contribution in [0.1, 0.15) is 53.4 Å². The first-order valence-corrected chi connectivity index (χ1v) is 24.8. The number of aliphatic hydroxyl groups is 2. The molecule has 0 aliphatic rings. The van der Waals surface area contributed by atoms with Crippen molar-refractivity contribution >= 4 is 103 Å². The molecule has 0 aromatic carbocycles. The molecule has 0 fully saturated rings. The lowest BCUT2D eigenvalue weighted by Gasteiger charge is -2.25. The van der Waals surface area contributed by atoms with Crippen molar-refractivity contribution in [1.82, 2.24) is 31.9 Å². The van der Waals surface area contributed by atoms with E-state index in [2.05, 4.69) is 56.4 Å². The van der Waals surface area contributed by atoms with Crippen molar-refractivity contribution in [3.05, 3.63) is 38.0 Å². The maximum atomic E-state index is 12.7. The van der Waals surface area contributed by atoms with E-state index in [0.29, 0.717) is 25.8 Å². The molecule has 8 N–H and O–H groups in total. The van der Waals surface area contributed by atoms with Gasteiger partial charge in [-0.2, -0.15) is 0 Å². The Bertz CT molecular complexity index is 1550. The Morgan fingerprint density at radius 2 is 0.969 bits per heavy atom. The van der Waals surface area contributed by atoms with Gasteiger partial charge >= 0.3 is 0 Å². The lowest BCUT2D eigenvalue weighted by atomic mass is 9.89. The monoisotopic (exact) mass is 997 g/mol. The smallest absolute Gasteiger partial charge is 0.295 e. The minimum absolute atomic E-state index is 0.0236. The lowest BCUT2D eigenvalue weighted by Crippen LogP contribution is -2.51. The summed E-state index contributed by atoms with van der Waals surface area (Å²) in [5.74, 6) is -8.32. The zero-order chi connectivity index (χ0) is 50.3. The summed E-state index contributed by atoms with van der Waals surface area (Å²) in [6.07, 6.45) is 3.90. The van der Waals surface area contributed by atoms with E-state index in [1.807, 2.05) is 0 Å². The maximum absolute atomic E-state index is 12.7. The van der Waals surface area contributed by atoms with Crippen molar-refractivity contribution < 1.29 is 78.2 Å². The molecule has 0 aliphatic heterocycles. The molecule has 0 aromatic rings. The molecule has 0 radical (unpaired) electrons. The Hall–Kier alpha value is -4.76. The summed E-state index contributed by atoms with van der Waals surface area (Å²) >= 11 is 0. The number of carboxylic acids is 3. The number of carboxylic acid groups (broad SMARTS) is 3. The average molecular weight is 998 g/mol. The molecular weight excluding hydrogens is 937 g/mol. The number of amides is 6. The van der Waals surface area contributed by atoms with Crippen molar-refractivity contribution in [3.8, 4) is 0 Å². The average Bonchev–Trinajstić information content (AvgIpc) is 3.28. The molecule has 0 rings (SSSR count). The minimum Gasteiger partial charge on any atom is -0.548 e. The third-order valence-electron chi connectivity index (χ3n) is 8.15. The van der Waals surface area contributed by atoms with Gasteiger partial charge in [0.2, 0.25) is 35.4 Å². The van der Waals surface area contributed by atoms with Crippen LogP contribution in [0.25, 0.3) is 0 Å². The number of carbonyl (C=O) groups excluding carboxylic acids is 10. The summed E-state index contributed by atoms with van der Waals surface area (Å²) in [7, 11) is 4.30. The highest BCUT2D eigenvalue weighted by Gasteiger charge is 2.27. The van der Waals surface area contributed by atoms with Crippen molar-refractivity contribution in [1.29, 1.82) is 0 Å². The number of hydrogen-bond acceptors (Lipinski definition) is 20. The zero-order valence-corrected chi connectivity index (χ0v) is 40.0. The van der Waals surface area contributed by atoms with Gasteiger partial charge in [0, 0.05) is 48.1 Å². The highest BCUT2D eigenvalue weighted by Crippen LogP contribution is 2.25. The summed E-state index contributed by atoms with van der Waals surface area (Å²) in [5.41, 5.74) is 0. The number of carbonyl (C=O) groups is 10.